The molecule has 2 heterocycles. The normalized spacial score (nSPS) is 56.3. The molecule has 5 heteroatoms. The quantitative estimate of drug-likeness (QED) is 0.548. The maximum Gasteiger partial charge on any atom is 0.302 e. The molecule has 0 bridgehead atoms. The molecule has 6 rings (SSSR count). The average molecular weight is 475 g/mol. The lowest BCUT2D eigenvalue weighted by molar-refractivity contribution is -0.280. The zero-order chi connectivity index (χ0) is 23.9. The van der Waals surface area contributed by atoms with Crippen LogP contribution in [-0.2, 0) is 19.0 Å². The van der Waals surface area contributed by atoms with Crippen LogP contribution in [0.2, 0.25) is 0 Å². The molecule has 12 atom stereocenters. The van der Waals surface area contributed by atoms with Crippen molar-refractivity contribution in [2.24, 2.45) is 52.3 Å². The number of fused-ring (bicyclic) bond motifs is 7. The number of esters is 1. The van der Waals surface area contributed by atoms with Crippen LogP contribution < -0.4 is 0 Å². The minimum Gasteiger partial charge on any atom is -0.465 e. The Labute approximate surface area is 205 Å². The minimum absolute atomic E-state index is 0.00382. The molecule has 0 aromatic rings. The first kappa shape index (κ1) is 23.7. The molecule has 1 spiro atoms. The van der Waals surface area contributed by atoms with E-state index >= 15 is 0 Å². The zero-order valence-corrected chi connectivity index (χ0v) is 21.8. The number of rotatable bonds is 2. The molecule has 4 saturated carbocycles. The summed E-state index contributed by atoms with van der Waals surface area (Å²) in [4.78, 5) is 11.8. The molecule has 4 aliphatic carbocycles. The highest BCUT2D eigenvalue weighted by atomic mass is 16.7. The van der Waals surface area contributed by atoms with E-state index in [1.165, 1.54) is 45.4 Å². The van der Waals surface area contributed by atoms with Crippen molar-refractivity contribution in [3.63, 3.8) is 0 Å². The maximum atomic E-state index is 11.8. The third-order valence-corrected chi connectivity index (χ3v) is 12.0. The predicted octanol–water partition coefficient (Wildman–Crippen LogP) is 5.34. The SMILES string of the molecule is CC(=O)OC[C@H]1[C@H]2[C@H](C[C@H]3[C@@H]4CCC5CCCC[C@]5(C)[C@H]4C(O)C[C@]23C)O[C@]12CCC(C)CO2. The topological polar surface area (TPSA) is 65.0 Å². The van der Waals surface area contributed by atoms with Crippen molar-refractivity contribution in [3.8, 4) is 0 Å². The van der Waals surface area contributed by atoms with E-state index in [1.54, 1.807) is 0 Å². The summed E-state index contributed by atoms with van der Waals surface area (Å²) in [7, 11) is 0. The van der Waals surface area contributed by atoms with Gasteiger partial charge in [-0.3, -0.25) is 4.79 Å². The van der Waals surface area contributed by atoms with E-state index < -0.39 is 5.79 Å². The van der Waals surface area contributed by atoms with Crippen LogP contribution in [0.15, 0.2) is 0 Å². The van der Waals surface area contributed by atoms with Crippen LogP contribution in [-0.4, -0.2) is 42.3 Å². The summed E-state index contributed by atoms with van der Waals surface area (Å²) < 4.78 is 19.1. The Morgan fingerprint density at radius 3 is 2.62 bits per heavy atom. The molecule has 192 valence electrons. The van der Waals surface area contributed by atoms with E-state index in [2.05, 4.69) is 20.8 Å². The first-order valence-corrected chi connectivity index (χ1v) is 14.3. The van der Waals surface area contributed by atoms with E-state index in [-0.39, 0.29) is 35.4 Å². The summed E-state index contributed by atoms with van der Waals surface area (Å²) in [5, 5.41) is 11.8. The van der Waals surface area contributed by atoms with Crippen LogP contribution in [0.1, 0.15) is 91.9 Å². The second-order valence-electron chi connectivity index (χ2n) is 13.7. The van der Waals surface area contributed by atoms with E-state index in [0.717, 1.165) is 31.6 Å². The number of carbonyl (C=O) groups is 1. The van der Waals surface area contributed by atoms with Gasteiger partial charge in [-0.2, -0.15) is 0 Å². The molecule has 1 N–H and O–H groups in total. The predicted molar refractivity (Wildman–Crippen MR) is 129 cm³/mol. The van der Waals surface area contributed by atoms with Gasteiger partial charge in [0.15, 0.2) is 5.79 Å². The van der Waals surface area contributed by atoms with Gasteiger partial charge in [-0.1, -0.05) is 33.6 Å². The number of hydrogen-bond donors (Lipinski definition) is 1. The molecule has 34 heavy (non-hydrogen) atoms. The molecule has 6 aliphatic rings. The van der Waals surface area contributed by atoms with Crippen molar-refractivity contribution in [2.45, 2.75) is 110 Å². The van der Waals surface area contributed by atoms with E-state index in [4.69, 9.17) is 14.2 Å². The van der Waals surface area contributed by atoms with Crippen LogP contribution in [0, 0.1) is 52.3 Å². The molecule has 0 aromatic heterocycles. The molecule has 5 nitrogen and oxygen atoms in total. The molecule has 3 unspecified atom stereocenters. The summed E-state index contributed by atoms with van der Waals surface area (Å²) in [6, 6.07) is 0. The van der Waals surface area contributed by atoms with Gasteiger partial charge in [-0.05, 0) is 85.4 Å². The third kappa shape index (κ3) is 3.31. The van der Waals surface area contributed by atoms with Gasteiger partial charge in [0, 0.05) is 19.3 Å². The van der Waals surface area contributed by atoms with E-state index in [1.807, 2.05) is 0 Å². The number of carbonyl (C=O) groups excluding carboxylic acids is 1. The molecule has 6 fully saturated rings. The van der Waals surface area contributed by atoms with Crippen LogP contribution in [0.5, 0.6) is 0 Å². The van der Waals surface area contributed by atoms with Gasteiger partial charge in [-0.15, -0.1) is 0 Å². The summed E-state index contributed by atoms with van der Waals surface area (Å²) in [5.41, 5.74) is 0.297. The number of aliphatic hydroxyl groups is 1. The summed E-state index contributed by atoms with van der Waals surface area (Å²) in [6.45, 7) is 9.77. The van der Waals surface area contributed by atoms with Crippen LogP contribution in [0.3, 0.4) is 0 Å². The smallest absolute Gasteiger partial charge is 0.302 e. The van der Waals surface area contributed by atoms with Crippen molar-refractivity contribution in [1.29, 1.82) is 0 Å². The molecular weight excluding hydrogens is 428 g/mol. The van der Waals surface area contributed by atoms with Gasteiger partial charge in [-0.25, -0.2) is 0 Å². The first-order valence-electron chi connectivity index (χ1n) is 14.3. The van der Waals surface area contributed by atoms with Crippen molar-refractivity contribution in [3.05, 3.63) is 0 Å². The lowest BCUT2D eigenvalue weighted by atomic mass is 9.43. The van der Waals surface area contributed by atoms with E-state index in [9.17, 15) is 9.90 Å². The fraction of sp³-hybridized carbons (Fsp3) is 0.966. The summed E-state index contributed by atoms with van der Waals surface area (Å²) >= 11 is 0. The summed E-state index contributed by atoms with van der Waals surface area (Å²) in [6.07, 6.45) is 11.7. The lowest BCUT2D eigenvalue weighted by Gasteiger charge is -2.62. The van der Waals surface area contributed by atoms with Crippen molar-refractivity contribution >= 4 is 5.97 Å². The second kappa shape index (κ2) is 8.18. The van der Waals surface area contributed by atoms with Gasteiger partial charge < -0.3 is 19.3 Å². The molecule has 2 saturated heterocycles. The number of ether oxygens (including phenoxy) is 3. The highest BCUT2D eigenvalue weighted by Crippen LogP contribution is 2.71. The van der Waals surface area contributed by atoms with Crippen LogP contribution in [0.25, 0.3) is 0 Å². The monoisotopic (exact) mass is 474 g/mol. The highest BCUT2D eigenvalue weighted by molar-refractivity contribution is 5.65. The Hall–Kier alpha value is -0.650. The van der Waals surface area contributed by atoms with Gasteiger partial charge in [0.05, 0.1) is 31.3 Å². The largest absolute Gasteiger partial charge is 0.465 e. The van der Waals surface area contributed by atoms with Gasteiger partial charge in [0.1, 0.15) is 0 Å². The van der Waals surface area contributed by atoms with Gasteiger partial charge >= 0.3 is 5.97 Å². The molecule has 0 aromatic carbocycles. The Balaban J connectivity index is 1.32. The molecule has 0 amide bonds. The summed E-state index contributed by atoms with van der Waals surface area (Å²) in [5.74, 6) is 2.39. The average Bonchev–Trinajstić information content (AvgIpc) is 3.24. The van der Waals surface area contributed by atoms with Gasteiger partial charge in [0.25, 0.3) is 0 Å². The van der Waals surface area contributed by atoms with Crippen molar-refractivity contribution < 1.29 is 24.1 Å². The molecule has 0 radical (unpaired) electrons. The Bertz CT molecular complexity index is 804. The Kier molecular flexibility index (Phi) is 5.71. The zero-order valence-electron chi connectivity index (χ0n) is 21.8. The standard InChI is InChI=1S/C29H46O5/c1-17-10-12-29(33-15-17)22(16-32-18(2)30)26-24(34-29)13-21-20-9-8-19-7-5-6-11-27(19,3)25(20)23(31)14-28(21,26)4/h17,19-26,31H,5-16H2,1-4H3/t17?,19?,20-,21-,22-,23?,24-,25+,26-,27-,28-,29+/m0/s1. The lowest BCUT2D eigenvalue weighted by Crippen LogP contribution is -2.59. The molecule has 2 aliphatic heterocycles. The Morgan fingerprint density at radius 2 is 1.88 bits per heavy atom. The highest BCUT2D eigenvalue weighted by Gasteiger charge is 2.71. The second-order valence-corrected chi connectivity index (χ2v) is 13.7. The molecular formula is C29H46O5. The van der Waals surface area contributed by atoms with Gasteiger partial charge in [0.2, 0.25) is 0 Å². The Morgan fingerprint density at radius 1 is 1.06 bits per heavy atom. The van der Waals surface area contributed by atoms with Crippen molar-refractivity contribution in [2.75, 3.05) is 13.2 Å². The van der Waals surface area contributed by atoms with Crippen LogP contribution in [0.4, 0.5) is 0 Å². The van der Waals surface area contributed by atoms with Crippen LogP contribution >= 0.6 is 0 Å². The van der Waals surface area contributed by atoms with Crippen molar-refractivity contribution in [1.82, 2.24) is 0 Å². The first-order chi connectivity index (χ1) is 16.2. The fourth-order valence-electron chi connectivity index (χ4n) is 10.6. The van der Waals surface area contributed by atoms with E-state index in [0.29, 0.717) is 42.3 Å². The third-order valence-electron chi connectivity index (χ3n) is 12.0. The number of hydrogen-bond acceptors (Lipinski definition) is 5. The minimum atomic E-state index is -0.625. The maximum absolute atomic E-state index is 11.8. The fourth-order valence-corrected chi connectivity index (χ4v) is 10.6. The number of aliphatic hydroxyl groups excluding tert-OH is 1.